The minimum atomic E-state index is -0.346. The molecule has 0 heterocycles. The standard InChI is InChI=1S/C41H70N2O8/c1-6-8-9-10-11-23-48-35(44)16-13-27(3)30-14-15-31-39-32(26-34(41(30,31)5)51-38(47)19-22-43)40(4)20-17-29(49-37(46)18-21-42)24-28(40)25-33(39)50-36(45)12-7-2/h27-34,39H,6-26,42-43H2,1-5H3/t27-,28+,29-,30-,31+,32+,33-,34+,39+,40+,41-/m1/s1. The Bertz CT molecular complexity index is 1160. The second kappa shape index (κ2) is 19.2. The maximum absolute atomic E-state index is 13.2. The van der Waals surface area contributed by atoms with E-state index in [9.17, 15) is 19.2 Å². The van der Waals surface area contributed by atoms with Gasteiger partial charge < -0.3 is 30.4 Å². The lowest BCUT2D eigenvalue weighted by Crippen LogP contribution is -2.63. The van der Waals surface area contributed by atoms with Crippen molar-refractivity contribution in [3.8, 4) is 0 Å². The molecule has 4 fully saturated rings. The molecule has 0 unspecified atom stereocenters. The first-order valence-corrected chi connectivity index (χ1v) is 20.6. The van der Waals surface area contributed by atoms with Crippen LogP contribution in [0.25, 0.3) is 0 Å². The summed E-state index contributed by atoms with van der Waals surface area (Å²) in [6.07, 6.45) is 13.2. The normalized spacial score (nSPS) is 34.7. The summed E-state index contributed by atoms with van der Waals surface area (Å²) >= 11 is 0. The van der Waals surface area contributed by atoms with Gasteiger partial charge in [-0.3, -0.25) is 19.2 Å². The van der Waals surface area contributed by atoms with Crippen LogP contribution in [0.5, 0.6) is 0 Å². The third-order valence-electron chi connectivity index (χ3n) is 13.8. The zero-order valence-electron chi connectivity index (χ0n) is 32.5. The number of ether oxygens (including phenoxy) is 4. The van der Waals surface area contributed by atoms with Gasteiger partial charge in [-0.15, -0.1) is 0 Å². The molecule has 0 saturated heterocycles. The van der Waals surface area contributed by atoms with Crippen LogP contribution in [-0.4, -0.2) is 61.9 Å². The van der Waals surface area contributed by atoms with Crippen molar-refractivity contribution in [1.82, 2.24) is 0 Å². The monoisotopic (exact) mass is 719 g/mol. The predicted molar refractivity (Wildman–Crippen MR) is 196 cm³/mol. The largest absolute Gasteiger partial charge is 0.466 e. The van der Waals surface area contributed by atoms with Gasteiger partial charge in [0.05, 0.1) is 19.4 Å². The third kappa shape index (κ3) is 9.87. The van der Waals surface area contributed by atoms with Crippen LogP contribution in [0.3, 0.4) is 0 Å². The van der Waals surface area contributed by atoms with Crippen LogP contribution >= 0.6 is 0 Å². The van der Waals surface area contributed by atoms with E-state index in [-0.39, 0.29) is 114 Å². The average Bonchev–Trinajstić information content (AvgIpc) is 3.44. The molecule has 4 aliphatic rings. The molecule has 4 N–H and O–H groups in total. The summed E-state index contributed by atoms with van der Waals surface area (Å²) in [6.45, 7) is 12.1. The van der Waals surface area contributed by atoms with Crippen LogP contribution in [0.1, 0.15) is 150 Å². The summed E-state index contributed by atoms with van der Waals surface area (Å²) in [7, 11) is 0. The molecule has 292 valence electrons. The van der Waals surface area contributed by atoms with Gasteiger partial charge in [-0.25, -0.2) is 0 Å². The third-order valence-corrected chi connectivity index (χ3v) is 13.8. The number of fused-ring (bicyclic) bond motifs is 5. The summed E-state index contributed by atoms with van der Waals surface area (Å²) in [4.78, 5) is 51.6. The molecule has 0 amide bonds. The van der Waals surface area contributed by atoms with Crippen LogP contribution in [-0.2, 0) is 38.1 Å². The van der Waals surface area contributed by atoms with Gasteiger partial charge in [-0.1, -0.05) is 60.3 Å². The Morgan fingerprint density at radius 3 is 2.10 bits per heavy atom. The van der Waals surface area contributed by atoms with E-state index in [0.717, 1.165) is 64.2 Å². The fourth-order valence-electron chi connectivity index (χ4n) is 11.1. The Morgan fingerprint density at radius 2 is 1.41 bits per heavy atom. The highest BCUT2D eigenvalue weighted by atomic mass is 16.6. The van der Waals surface area contributed by atoms with E-state index in [1.165, 1.54) is 19.3 Å². The first-order chi connectivity index (χ1) is 24.4. The topological polar surface area (TPSA) is 157 Å². The fourth-order valence-corrected chi connectivity index (χ4v) is 11.1. The maximum Gasteiger partial charge on any atom is 0.307 e. The van der Waals surface area contributed by atoms with Gasteiger partial charge in [-0.05, 0) is 99.2 Å². The van der Waals surface area contributed by atoms with Gasteiger partial charge in [0.1, 0.15) is 18.3 Å². The van der Waals surface area contributed by atoms with Gasteiger partial charge in [-0.2, -0.15) is 0 Å². The van der Waals surface area contributed by atoms with E-state index in [2.05, 4.69) is 27.7 Å². The summed E-state index contributed by atoms with van der Waals surface area (Å²) in [5, 5.41) is 0. The summed E-state index contributed by atoms with van der Waals surface area (Å²) < 4.78 is 24.4. The van der Waals surface area contributed by atoms with E-state index in [0.29, 0.717) is 25.9 Å². The number of nitrogens with two attached hydrogens (primary N) is 2. The van der Waals surface area contributed by atoms with Crippen molar-refractivity contribution < 1.29 is 38.1 Å². The van der Waals surface area contributed by atoms with Crippen LogP contribution < -0.4 is 11.5 Å². The quantitative estimate of drug-likeness (QED) is 0.0807. The summed E-state index contributed by atoms with van der Waals surface area (Å²) in [6, 6.07) is 0. The lowest BCUT2D eigenvalue weighted by atomic mass is 9.43. The first kappa shape index (κ1) is 41.6. The molecule has 0 aromatic carbocycles. The van der Waals surface area contributed by atoms with E-state index >= 15 is 0 Å². The molecule has 0 aromatic rings. The lowest BCUT2D eigenvalue weighted by molar-refractivity contribution is -0.225. The molecular weight excluding hydrogens is 648 g/mol. The Morgan fingerprint density at radius 1 is 0.725 bits per heavy atom. The molecule has 0 bridgehead atoms. The van der Waals surface area contributed by atoms with Crippen LogP contribution in [0.4, 0.5) is 0 Å². The SMILES string of the molecule is CCCCCCCOC(=O)CC[C@@H](C)[C@H]1CC[C@H]2[C@@H]3[C@H](OC(=O)CCC)C[C@@H]4C[C@H](OC(=O)CCN)CC[C@]4(C)[C@H]3C[C@H](OC(=O)CCN)[C@]12C. The van der Waals surface area contributed by atoms with Crippen molar-refractivity contribution in [2.75, 3.05) is 19.7 Å². The molecule has 4 saturated carbocycles. The van der Waals surface area contributed by atoms with Crippen molar-refractivity contribution in [1.29, 1.82) is 0 Å². The number of rotatable bonds is 19. The van der Waals surface area contributed by atoms with Crippen LogP contribution in [0.2, 0.25) is 0 Å². The van der Waals surface area contributed by atoms with Crippen molar-refractivity contribution in [2.24, 2.45) is 57.8 Å². The molecule has 4 rings (SSSR count). The maximum atomic E-state index is 13.2. The zero-order valence-corrected chi connectivity index (χ0v) is 32.5. The molecule has 0 radical (unpaired) electrons. The van der Waals surface area contributed by atoms with Gasteiger partial charge in [0, 0.05) is 37.3 Å². The minimum Gasteiger partial charge on any atom is -0.466 e. The number of hydrogen-bond acceptors (Lipinski definition) is 10. The van der Waals surface area contributed by atoms with E-state index in [1.54, 1.807) is 0 Å². The highest BCUT2D eigenvalue weighted by molar-refractivity contribution is 5.71. The van der Waals surface area contributed by atoms with E-state index in [4.69, 9.17) is 30.4 Å². The second-order valence-electron chi connectivity index (χ2n) is 16.9. The molecule has 51 heavy (non-hydrogen) atoms. The fraction of sp³-hybridized carbons (Fsp3) is 0.902. The molecule has 0 aliphatic heterocycles. The zero-order chi connectivity index (χ0) is 37.2. The van der Waals surface area contributed by atoms with Crippen molar-refractivity contribution in [2.45, 2.75) is 169 Å². The number of carbonyl (C=O) groups excluding carboxylic acids is 4. The van der Waals surface area contributed by atoms with Crippen LogP contribution in [0.15, 0.2) is 0 Å². The van der Waals surface area contributed by atoms with Crippen molar-refractivity contribution in [3.05, 3.63) is 0 Å². The van der Waals surface area contributed by atoms with Gasteiger partial charge in [0.15, 0.2) is 0 Å². The highest BCUT2D eigenvalue weighted by Gasteiger charge is 2.67. The lowest BCUT2D eigenvalue weighted by Gasteiger charge is -2.64. The van der Waals surface area contributed by atoms with E-state index in [1.807, 2.05) is 6.92 Å². The molecule has 10 nitrogen and oxygen atoms in total. The second-order valence-corrected chi connectivity index (χ2v) is 16.9. The van der Waals surface area contributed by atoms with Crippen LogP contribution in [0, 0.1) is 46.3 Å². The van der Waals surface area contributed by atoms with Gasteiger partial charge in [0.2, 0.25) is 0 Å². The number of hydrogen-bond donors (Lipinski definition) is 2. The Kier molecular flexibility index (Phi) is 15.7. The van der Waals surface area contributed by atoms with E-state index < -0.39 is 0 Å². The Balaban J connectivity index is 1.58. The first-order valence-electron chi connectivity index (χ1n) is 20.6. The predicted octanol–water partition coefficient (Wildman–Crippen LogP) is 7.03. The molecule has 11 atom stereocenters. The molecule has 0 aromatic heterocycles. The summed E-state index contributed by atoms with van der Waals surface area (Å²) in [5.74, 6) is 0.328. The molecule has 10 heteroatoms. The molecule has 4 aliphatic carbocycles. The Labute approximate surface area is 307 Å². The number of esters is 4. The highest BCUT2D eigenvalue weighted by Crippen LogP contribution is 2.69. The molecular formula is C41H70N2O8. The molecule has 0 spiro atoms. The van der Waals surface area contributed by atoms with Crippen molar-refractivity contribution >= 4 is 23.9 Å². The minimum absolute atomic E-state index is 0.0844. The number of carbonyl (C=O) groups is 4. The Hall–Kier alpha value is -2.20. The smallest absolute Gasteiger partial charge is 0.307 e. The van der Waals surface area contributed by atoms with Gasteiger partial charge in [0.25, 0.3) is 0 Å². The summed E-state index contributed by atoms with van der Waals surface area (Å²) in [5.41, 5.74) is 11.0. The number of unbranched alkanes of at least 4 members (excludes halogenated alkanes) is 4. The average molecular weight is 719 g/mol. The van der Waals surface area contributed by atoms with Crippen molar-refractivity contribution in [3.63, 3.8) is 0 Å². The van der Waals surface area contributed by atoms with Gasteiger partial charge >= 0.3 is 23.9 Å².